The molecule has 0 spiro atoms. The lowest BCUT2D eigenvalue weighted by atomic mass is 9.62. The van der Waals surface area contributed by atoms with Crippen LogP contribution in [0.3, 0.4) is 0 Å². The predicted octanol–water partition coefficient (Wildman–Crippen LogP) is -1.65. The summed E-state index contributed by atoms with van der Waals surface area (Å²) in [6.07, 6.45) is 3.20. The number of fused-ring (bicyclic) bond motifs is 20. The minimum atomic E-state index is -0.507. The maximum Gasteiger partial charge on any atom is 0.235 e. The highest BCUT2D eigenvalue weighted by molar-refractivity contribution is 6.09. The number of carbonyl (C=O) groups is 8. The van der Waals surface area contributed by atoms with Crippen LogP contribution in [0.2, 0.25) is 0 Å². The lowest BCUT2D eigenvalue weighted by Crippen LogP contribution is -2.44. The van der Waals surface area contributed by atoms with Gasteiger partial charge in [0.15, 0.2) is 0 Å². The molecular weight excluding hydrogens is 600 g/mol. The van der Waals surface area contributed by atoms with E-state index >= 15 is 0 Å². The van der Waals surface area contributed by atoms with Crippen molar-refractivity contribution in [2.75, 3.05) is 28.2 Å². The van der Waals surface area contributed by atoms with Gasteiger partial charge in [0.2, 0.25) is 47.3 Å². The van der Waals surface area contributed by atoms with Crippen LogP contribution in [0.1, 0.15) is 12.8 Å². The number of hydrogen-bond acceptors (Lipinski definition) is 10. The fraction of sp³-hybridized carbons (Fsp3) is 0.625. The highest BCUT2D eigenvalue weighted by Crippen LogP contribution is 2.61. The molecule has 8 saturated heterocycles. The van der Waals surface area contributed by atoms with Gasteiger partial charge in [0.25, 0.3) is 0 Å². The summed E-state index contributed by atoms with van der Waals surface area (Å²) in [5.41, 5.74) is 1.90. The molecule has 8 heterocycles. The molecule has 0 aromatic heterocycles. The van der Waals surface area contributed by atoms with Crippen LogP contribution in [0.5, 0.6) is 0 Å². The van der Waals surface area contributed by atoms with Crippen LogP contribution in [-0.4, -0.2) is 119 Å². The van der Waals surface area contributed by atoms with Crippen molar-refractivity contribution in [3.8, 4) is 0 Å². The molecular formula is C32H32N4O10. The molecule has 0 aromatic carbocycles. The number of hydrogen-bond donors (Lipinski definition) is 0. The Morgan fingerprint density at radius 3 is 1.11 bits per heavy atom. The number of likely N-dealkylation sites (tertiary alicyclic amines) is 4. The normalized spacial score (nSPS) is 47.2. The Bertz CT molecular complexity index is 1580. The monoisotopic (exact) mass is 632 g/mol. The molecule has 8 amide bonds. The first-order valence-corrected chi connectivity index (χ1v) is 15.8. The smallest absolute Gasteiger partial charge is 0.235 e. The van der Waals surface area contributed by atoms with Gasteiger partial charge in [-0.25, -0.2) is 0 Å². The molecule has 0 unspecified atom stereocenters. The lowest BCUT2D eigenvalue weighted by Gasteiger charge is -2.35. The van der Waals surface area contributed by atoms with E-state index in [0.717, 1.165) is 11.1 Å². The summed E-state index contributed by atoms with van der Waals surface area (Å²) in [5.74, 6) is -5.54. The van der Waals surface area contributed by atoms with Crippen molar-refractivity contribution in [3.05, 3.63) is 23.3 Å². The molecule has 8 aliphatic heterocycles. The summed E-state index contributed by atoms with van der Waals surface area (Å²) in [4.78, 5) is 104. The van der Waals surface area contributed by atoms with Crippen LogP contribution >= 0.6 is 0 Å². The number of rotatable bonds is 0. The highest BCUT2D eigenvalue weighted by Gasteiger charge is 2.72. The summed E-state index contributed by atoms with van der Waals surface area (Å²) in [6, 6.07) is 0. The minimum Gasteiger partial charge on any atom is -0.368 e. The number of amides is 8. The van der Waals surface area contributed by atoms with Crippen molar-refractivity contribution < 1.29 is 47.8 Å². The molecule has 8 fully saturated rings. The van der Waals surface area contributed by atoms with Gasteiger partial charge < -0.3 is 9.47 Å². The maximum absolute atomic E-state index is 12.5. The lowest BCUT2D eigenvalue weighted by molar-refractivity contribution is -0.143. The maximum atomic E-state index is 12.5. The van der Waals surface area contributed by atoms with E-state index in [9.17, 15) is 38.4 Å². The Morgan fingerprint density at radius 1 is 0.435 bits per heavy atom. The third-order valence-corrected chi connectivity index (χ3v) is 12.7. The number of ether oxygens (including phenoxy) is 2. The molecule has 2 aliphatic carbocycles. The molecule has 14 nitrogen and oxygen atoms in total. The second kappa shape index (κ2) is 8.85. The van der Waals surface area contributed by atoms with E-state index in [2.05, 4.69) is 0 Å². The molecule has 0 aromatic rings. The Morgan fingerprint density at radius 2 is 0.739 bits per heavy atom. The fourth-order valence-corrected chi connectivity index (χ4v) is 10.6. The van der Waals surface area contributed by atoms with Gasteiger partial charge in [-0.2, -0.15) is 0 Å². The number of nitrogens with zero attached hydrogens (tertiary/aromatic N) is 4. The second-order valence-corrected chi connectivity index (χ2v) is 14.3. The standard InChI is InChI=1S/2C16H16N2O5/c2*1-17-13(19)6-4-3-5-7(8(6)14(17)20)12-10-9(11(5)23-12)15(21)18(2)16(10)22/h2*3,6-12H,4H2,1-2H3/t2*6-,7-,8-,9-,10+,11-,12+/m11/s1. The topological polar surface area (TPSA) is 168 Å². The van der Waals surface area contributed by atoms with E-state index in [0.29, 0.717) is 12.8 Å². The van der Waals surface area contributed by atoms with Gasteiger partial charge >= 0.3 is 0 Å². The summed E-state index contributed by atoms with van der Waals surface area (Å²) in [5, 5.41) is 0. The first kappa shape index (κ1) is 28.2. The molecule has 0 radical (unpaired) electrons. The van der Waals surface area contributed by atoms with Crippen molar-refractivity contribution in [2.45, 2.75) is 37.3 Å². The second-order valence-electron chi connectivity index (χ2n) is 14.3. The molecule has 14 atom stereocenters. The fourth-order valence-electron chi connectivity index (χ4n) is 10.6. The van der Waals surface area contributed by atoms with Gasteiger partial charge in [-0.3, -0.25) is 58.0 Å². The first-order valence-electron chi connectivity index (χ1n) is 15.8. The summed E-state index contributed by atoms with van der Waals surface area (Å²) < 4.78 is 12.0. The van der Waals surface area contributed by atoms with E-state index in [4.69, 9.17) is 9.47 Å². The van der Waals surface area contributed by atoms with Crippen molar-refractivity contribution >= 4 is 47.3 Å². The van der Waals surface area contributed by atoms with Gasteiger partial charge in [-0.1, -0.05) is 12.2 Å². The van der Waals surface area contributed by atoms with Crippen molar-refractivity contribution in [3.63, 3.8) is 0 Å². The van der Waals surface area contributed by atoms with E-state index in [1.807, 2.05) is 12.2 Å². The molecule has 0 N–H and O–H groups in total. The average molecular weight is 633 g/mol. The van der Waals surface area contributed by atoms with Crippen LogP contribution in [0, 0.1) is 59.2 Å². The Kier molecular flexibility index (Phi) is 5.43. The van der Waals surface area contributed by atoms with Crippen LogP contribution in [0.4, 0.5) is 0 Å². The average Bonchev–Trinajstić information content (AvgIpc) is 3.93. The summed E-state index contributed by atoms with van der Waals surface area (Å²) in [7, 11) is 6.03. The van der Waals surface area contributed by atoms with Crippen LogP contribution in [-0.2, 0) is 47.8 Å². The Balaban J connectivity index is 0.000000127. The Hall–Kier alpha value is -4.04. The van der Waals surface area contributed by atoms with Gasteiger partial charge in [-0.05, 0) is 24.0 Å². The van der Waals surface area contributed by atoms with Crippen molar-refractivity contribution in [1.29, 1.82) is 0 Å². The van der Waals surface area contributed by atoms with E-state index < -0.39 is 59.9 Å². The summed E-state index contributed by atoms with van der Waals surface area (Å²) in [6.45, 7) is 0. The predicted molar refractivity (Wildman–Crippen MR) is 149 cm³/mol. The van der Waals surface area contributed by atoms with Gasteiger partial charge in [0.05, 0.1) is 71.8 Å². The molecule has 4 bridgehead atoms. The third kappa shape index (κ3) is 3.01. The van der Waals surface area contributed by atoms with E-state index in [1.165, 1.54) is 47.8 Å². The van der Waals surface area contributed by atoms with Crippen LogP contribution < -0.4 is 0 Å². The molecule has 10 aliphatic rings. The van der Waals surface area contributed by atoms with E-state index in [1.54, 1.807) is 0 Å². The zero-order valence-corrected chi connectivity index (χ0v) is 25.5. The largest absolute Gasteiger partial charge is 0.368 e. The Labute approximate surface area is 262 Å². The molecule has 240 valence electrons. The number of allylic oxidation sites excluding steroid dienone is 2. The number of carbonyl (C=O) groups excluding carboxylic acids is 8. The zero-order chi connectivity index (χ0) is 32.4. The summed E-state index contributed by atoms with van der Waals surface area (Å²) >= 11 is 0. The van der Waals surface area contributed by atoms with Gasteiger partial charge in [0.1, 0.15) is 0 Å². The molecule has 10 rings (SSSR count). The van der Waals surface area contributed by atoms with Crippen LogP contribution in [0.15, 0.2) is 23.3 Å². The highest BCUT2D eigenvalue weighted by atomic mass is 16.5. The van der Waals surface area contributed by atoms with Crippen LogP contribution in [0.25, 0.3) is 0 Å². The quantitative estimate of drug-likeness (QED) is 0.223. The minimum absolute atomic E-state index is 0.152. The van der Waals surface area contributed by atoms with Crippen molar-refractivity contribution in [2.24, 2.45) is 59.2 Å². The molecule has 0 saturated carbocycles. The molecule has 46 heavy (non-hydrogen) atoms. The van der Waals surface area contributed by atoms with Crippen molar-refractivity contribution in [1.82, 2.24) is 19.6 Å². The first-order chi connectivity index (χ1) is 21.9. The van der Waals surface area contributed by atoms with E-state index in [-0.39, 0.29) is 70.9 Å². The zero-order valence-electron chi connectivity index (χ0n) is 25.5. The third-order valence-electron chi connectivity index (χ3n) is 12.7. The van der Waals surface area contributed by atoms with Gasteiger partial charge in [0, 0.05) is 40.0 Å². The SMILES string of the molecule is CN1C(=O)[C@@H]2[C@H]3O[C@H](C4=CC[C@H]5C(=O)N(C)C(=O)[C@H]5[C@@H]43)[C@@H]2C1=O.CN1C(=O)[C@@H]2[C@H]3O[C@H](C4=CC[C@H]5C(=O)N(C)C(=O)[C@H]5[C@@H]43)[C@@H]2C1=O. The molecule has 14 heteroatoms. The number of imide groups is 4. The van der Waals surface area contributed by atoms with Gasteiger partial charge in [-0.15, -0.1) is 0 Å².